The molecule has 0 aliphatic carbocycles. The van der Waals surface area contributed by atoms with Crippen molar-refractivity contribution in [2.75, 3.05) is 0 Å². The third-order valence-electron chi connectivity index (χ3n) is 3.47. The molecular formula is C16H14BrFN2S. The van der Waals surface area contributed by atoms with Gasteiger partial charge in [0, 0.05) is 9.17 Å². The van der Waals surface area contributed by atoms with Crippen LogP contribution < -0.4 is 11.3 Å². The van der Waals surface area contributed by atoms with Crippen LogP contribution in [0.5, 0.6) is 0 Å². The largest absolute Gasteiger partial charge is 0.271 e. The zero-order valence-electron chi connectivity index (χ0n) is 11.1. The van der Waals surface area contributed by atoms with E-state index in [9.17, 15) is 4.39 Å². The van der Waals surface area contributed by atoms with Gasteiger partial charge in [0.1, 0.15) is 5.82 Å². The summed E-state index contributed by atoms with van der Waals surface area (Å²) >= 11 is 5.04. The van der Waals surface area contributed by atoms with E-state index in [2.05, 4.69) is 38.9 Å². The summed E-state index contributed by atoms with van der Waals surface area (Å²) in [6.45, 7) is 0. The normalized spacial score (nSPS) is 12.7. The standard InChI is InChI=1S/C16H14BrFN2S/c17-12-5-10(6-13(18)8-12)15(20-19)7-11-9-21-16-4-2-1-3-14(11)16/h1-6,8-9,15,20H,7,19H2. The number of thiophene rings is 1. The van der Waals surface area contributed by atoms with Gasteiger partial charge in [-0.2, -0.15) is 0 Å². The van der Waals surface area contributed by atoms with Crippen LogP contribution in [-0.2, 0) is 6.42 Å². The summed E-state index contributed by atoms with van der Waals surface area (Å²) in [6, 6.07) is 13.0. The van der Waals surface area contributed by atoms with Crippen LogP contribution in [0.1, 0.15) is 17.2 Å². The molecule has 0 fully saturated rings. The number of benzene rings is 2. The SMILES string of the molecule is NNC(Cc1csc2ccccc12)c1cc(F)cc(Br)c1. The molecule has 2 aromatic carbocycles. The van der Waals surface area contributed by atoms with Crippen LogP contribution in [0.15, 0.2) is 52.3 Å². The van der Waals surface area contributed by atoms with Gasteiger partial charge in [0.05, 0.1) is 6.04 Å². The Balaban J connectivity index is 1.94. The van der Waals surface area contributed by atoms with Gasteiger partial charge in [0.2, 0.25) is 0 Å². The van der Waals surface area contributed by atoms with Gasteiger partial charge >= 0.3 is 0 Å². The smallest absolute Gasteiger partial charge is 0.124 e. The molecule has 0 amide bonds. The molecule has 0 spiro atoms. The van der Waals surface area contributed by atoms with E-state index in [-0.39, 0.29) is 11.9 Å². The zero-order valence-corrected chi connectivity index (χ0v) is 13.5. The molecule has 2 nitrogen and oxygen atoms in total. The van der Waals surface area contributed by atoms with Crippen LogP contribution in [-0.4, -0.2) is 0 Å². The predicted octanol–water partition coefficient (Wildman–Crippen LogP) is 4.55. The molecule has 3 aromatic rings. The van der Waals surface area contributed by atoms with Crippen LogP contribution in [0.3, 0.4) is 0 Å². The number of nitrogens with two attached hydrogens (primary N) is 1. The fourth-order valence-corrected chi connectivity index (χ4v) is 3.92. The van der Waals surface area contributed by atoms with Gasteiger partial charge in [-0.3, -0.25) is 11.3 Å². The lowest BCUT2D eigenvalue weighted by Crippen LogP contribution is -2.29. The van der Waals surface area contributed by atoms with Crippen molar-refractivity contribution >= 4 is 37.4 Å². The lowest BCUT2D eigenvalue weighted by Gasteiger charge is -2.16. The van der Waals surface area contributed by atoms with E-state index in [1.54, 1.807) is 11.3 Å². The Morgan fingerprint density at radius 3 is 2.81 bits per heavy atom. The summed E-state index contributed by atoms with van der Waals surface area (Å²) in [5, 5.41) is 3.38. The van der Waals surface area contributed by atoms with Crippen LogP contribution in [0.2, 0.25) is 0 Å². The molecule has 5 heteroatoms. The molecule has 108 valence electrons. The topological polar surface area (TPSA) is 38.0 Å². The molecular weight excluding hydrogens is 351 g/mol. The highest BCUT2D eigenvalue weighted by Crippen LogP contribution is 2.30. The van der Waals surface area contributed by atoms with Crippen LogP contribution in [0.4, 0.5) is 4.39 Å². The molecule has 3 rings (SSSR count). The molecule has 21 heavy (non-hydrogen) atoms. The third-order valence-corrected chi connectivity index (χ3v) is 4.94. The van der Waals surface area contributed by atoms with Gasteiger partial charge in [-0.15, -0.1) is 11.3 Å². The molecule has 0 saturated heterocycles. The van der Waals surface area contributed by atoms with E-state index < -0.39 is 0 Å². The number of nitrogens with one attached hydrogen (secondary N) is 1. The molecule has 0 radical (unpaired) electrons. The Labute approximate surface area is 134 Å². The van der Waals surface area contributed by atoms with Crippen molar-refractivity contribution in [3.05, 3.63) is 69.3 Å². The Bertz CT molecular complexity index is 752. The van der Waals surface area contributed by atoms with Crippen molar-refractivity contribution in [3.8, 4) is 0 Å². The first-order valence-electron chi connectivity index (χ1n) is 6.54. The molecule has 1 unspecified atom stereocenters. The Kier molecular flexibility index (Phi) is 4.35. The van der Waals surface area contributed by atoms with E-state index in [1.165, 1.54) is 27.8 Å². The maximum absolute atomic E-state index is 13.6. The van der Waals surface area contributed by atoms with Crippen molar-refractivity contribution in [2.24, 2.45) is 5.84 Å². The maximum Gasteiger partial charge on any atom is 0.124 e. The first-order valence-corrected chi connectivity index (χ1v) is 8.22. The summed E-state index contributed by atoms with van der Waals surface area (Å²) in [6.07, 6.45) is 0.719. The van der Waals surface area contributed by atoms with Gasteiger partial charge in [0.15, 0.2) is 0 Å². The number of hydrogen-bond donors (Lipinski definition) is 2. The first kappa shape index (κ1) is 14.7. The van der Waals surface area contributed by atoms with Crippen molar-refractivity contribution in [1.82, 2.24) is 5.43 Å². The second-order valence-electron chi connectivity index (χ2n) is 4.88. The minimum atomic E-state index is -0.269. The number of fused-ring (bicyclic) bond motifs is 1. The van der Waals surface area contributed by atoms with Crippen molar-refractivity contribution in [1.29, 1.82) is 0 Å². The fourth-order valence-electron chi connectivity index (χ4n) is 2.46. The Morgan fingerprint density at radius 2 is 2.05 bits per heavy atom. The molecule has 3 N–H and O–H groups in total. The minimum absolute atomic E-state index is 0.130. The lowest BCUT2D eigenvalue weighted by atomic mass is 9.99. The second kappa shape index (κ2) is 6.23. The molecule has 1 aromatic heterocycles. The van der Waals surface area contributed by atoms with E-state index in [1.807, 2.05) is 18.2 Å². The van der Waals surface area contributed by atoms with Crippen molar-refractivity contribution < 1.29 is 4.39 Å². The van der Waals surface area contributed by atoms with Crippen LogP contribution >= 0.6 is 27.3 Å². The van der Waals surface area contributed by atoms with Gasteiger partial charge in [-0.05, 0) is 52.6 Å². The molecule has 1 heterocycles. The number of rotatable bonds is 4. The second-order valence-corrected chi connectivity index (χ2v) is 6.71. The Hall–Kier alpha value is -1.27. The average molecular weight is 365 g/mol. The minimum Gasteiger partial charge on any atom is -0.271 e. The van der Waals surface area contributed by atoms with Gasteiger partial charge in [-0.1, -0.05) is 34.1 Å². The van der Waals surface area contributed by atoms with E-state index in [0.29, 0.717) is 4.47 Å². The lowest BCUT2D eigenvalue weighted by molar-refractivity contribution is 0.546. The predicted molar refractivity (Wildman–Crippen MR) is 89.7 cm³/mol. The van der Waals surface area contributed by atoms with Gasteiger partial charge in [0.25, 0.3) is 0 Å². The molecule has 0 bridgehead atoms. The third kappa shape index (κ3) is 3.16. The summed E-state index contributed by atoms with van der Waals surface area (Å²) < 4.78 is 15.5. The van der Waals surface area contributed by atoms with Gasteiger partial charge in [-0.25, -0.2) is 4.39 Å². The number of hydrogen-bond acceptors (Lipinski definition) is 3. The highest BCUT2D eigenvalue weighted by atomic mass is 79.9. The summed E-state index contributed by atoms with van der Waals surface area (Å²) in [4.78, 5) is 0. The van der Waals surface area contributed by atoms with Crippen LogP contribution in [0.25, 0.3) is 10.1 Å². The maximum atomic E-state index is 13.6. The van der Waals surface area contributed by atoms with Gasteiger partial charge < -0.3 is 0 Å². The molecule has 0 aliphatic heterocycles. The van der Waals surface area contributed by atoms with E-state index >= 15 is 0 Å². The highest BCUT2D eigenvalue weighted by molar-refractivity contribution is 9.10. The molecule has 0 aliphatic rings. The summed E-state index contributed by atoms with van der Waals surface area (Å²) in [5.41, 5.74) is 4.85. The Morgan fingerprint density at radius 1 is 1.24 bits per heavy atom. The van der Waals surface area contributed by atoms with E-state index in [4.69, 9.17) is 5.84 Å². The monoisotopic (exact) mass is 364 g/mol. The first-order chi connectivity index (χ1) is 10.2. The van der Waals surface area contributed by atoms with Crippen LogP contribution in [0, 0.1) is 5.82 Å². The van der Waals surface area contributed by atoms with E-state index in [0.717, 1.165) is 12.0 Å². The summed E-state index contributed by atoms with van der Waals surface area (Å²) in [5.74, 6) is 5.41. The molecule has 1 atom stereocenters. The number of hydrazine groups is 1. The fraction of sp³-hybridized carbons (Fsp3) is 0.125. The highest BCUT2D eigenvalue weighted by Gasteiger charge is 2.15. The zero-order chi connectivity index (χ0) is 14.8. The molecule has 0 saturated carbocycles. The quantitative estimate of drug-likeness (QED) is 0.526. The van der Waals surface area contributed by atoms with Crippen molar-refractivity contribution in [2.45, 2.75) is 12.5 Å². The van der Waals surface area contributed by atoms with Crippen molar-refractivity contribution in [3.63, 3.8) is 0 Å². The summed E-state index contributed by atoms with van der Waals surface area (Å²) in [7, 11) is 0. The average Bonchev–Trinajstić information content (AvgIpc) is 2.87. The number of halogens is 2.